The minimum absolute atomic E-state index is 0.681. The lowest BCUT2D eigenvalue weighted by Gasteiger charge is -2.06. The lowest BCUT2D eigenvalue weighted by Crippen LogP contribution is -1.98. The summed E-state index contributed by atoms with van der Waals surface area (Å²) in [6.07, 6.45) is 0. The maximum absolute atomic E-state index is 5.46. The summed E-state index contributed by atoms with van der Waals surface area (Å²) in [5, 5.41) is 15.7. The second-order valence-corrected chi connectivity index (χ2v) is 8.20. The lowest BCUT2D eigenvalue weighted by atomic mass is 10.2. The Labute approximate surface area is 172 Å². The van der Waals surface area contributed by atoms with Crippen molar-refractivity contribution < 1.29 is 4.74 Å². The number of halogens is 1. The number of rotatable bonds is 6. The first-order chi connectivity index (χ1) is 13.2. The number of nitrogens with zero attached hydrogens (tertiary/aromatic N) is 5. The molecule has 136 valence electrons. The Hall–Kier alpha value is -2.23. The van der Waals surface area contributed by atoms with Gasteiger partial charge in [-0.1, -0.05) is 45.9 Å². The Bertz CT molecular complexity index is 1050. The fourth-order valence-corrected chi connectivity index (χ4v) is 4.57. The van der Waals surface area contributed by atoms with Crippen molar-refractivity contribution in [2.75, 3.05) is 7.11 Å². The molecule has 0 aliphatic carbocycles. The molecule has 0 aliphatic rings. The number of benzene rings is 2. The third kappa shape index (κ3) is 4.05. The maximum atomic E-state index is 5.46. The zero-order valence-corrected chi connectivity index (χ0v) is 17.5. The summed E-state index contributed by atoms with van der Waals surface area (Å²) in [6, 6.07) is 15.7. The average molecular weight is 460 g/mol. The van der Waals surface area contributed by atoms with Crippen LogP contribution in [0.25, 0.3) is 16.3 Å². The number of thiazole rings is 1. The quantitative estimate of drug-likeness (QED) is 0.384. The van der Waals surface area contributed by atoms with E-state index in [1.54, 1.807) is 34.9 Å². The predicted molar refractivity (Wildman–Crippen MR) is 111 cm³/mol. The molecule has 0 aliphatic heterocycles. The molecule has 0 saturated heterocycles. The van der Waals surface area contributed by atoms with Crippen LogP contribution in [0.3, 0.4) is 0 Å². The van der Waals surface area contributed by atoms with E-state index in [-0.39, 0.29) is 0 Å². The molecule has 2 aromatic carbocycles. The standard InChI is InChI=1S/C18H14BrN5OS2/c1-25-16-8-7-12(19)9-15(16)17-20-13(10-26-17)11-27-18-21-22-23-24(18)14-5-3-2-4-6-14/h2-10H,11H2,1H3. The minimum atomic E-state index is 0.681. The molecule has 4 rings (SSSR count). The first-order valence-electron chi connectivity index (χ1n) is 7.99. The molecule has 0 bridgehead atoms. The number of hydrogen-bond donors (Lipinski definition) is 0. The highest BCUT2D eigenvalue weighted by Crippen LogP contribution is 2.35. The second kappa shape index (κ2) is 8.20. The molecule has 0 N–H and O–H groups in total. The van der Waals surface area contributed by atoms with E-state index in [1.165, 1.54) is 0 Å². The molecule has 0 atom stereocenters. The van der Waals surface area contributed by atoms with Gasteiger partial charge in [0.1, 0.15) is 10.8 Å². The van der Waals surface area contributed by atoms with Crippen molar-refractivity contribution in [2.24, 2.45) is 0 Å². The summed E-state index contributed by atoms with van der Waals surface area (Å²) in [7, 11) is 1.67. The van der Waals surface area contributed by atoms with Crippen LogP contribution in [0.5, 0.6) is 5.75 Å². The molecule has 2 aromatic heterocycles. The minimum Gasteiger partial charge on any atom is -0.496 e. The Kier molecular flexibility index (Phi) is 5.51. The SMILES string of the molecule is COc1ccc(Br)cc1-c1nc(CSc2nnnn2-c2ccccc2)cs1. The highest BCUT2D eigenvalue weighted by atomic mass is 79.9. The molecular formula is C18H14BrN5OS2. The van der Waals surface area contributed by atoms with E-state index < -0.39 is 0 Å². The van der Waals surface area contributed by atoms with Crippen LogP contribution < -0.4 is 4.74 Å². The molecule has 2 heterocycles. The Morgan fingerprint density at radius 3 is 2.85 bits per heavy atom. The van der Waals surface area contributed by atoms with E-state index in [4.69, 9.17) is 9.72 Å². The summed E-state index contributed by atoms with van der Waals surface area (Å²) >= 11 is 6.66. The summed E-state index contributed by atoms with van der Waals surface area (Å²) in [4.78, 5) is 4.75. The summed E-state index contributed by atoms with van der Waals surface area (Å²) in [5.74, 6) is 1.49. The number of thioether (sulfide) groups is 1. The number of ether oxygens (including phenoxy) is 1. The first kappa shape index (κ1) is 18.1. The van der Waals surface area contributed by atoms with E-state index in [1.807, 2.05) is 48.5 Å². The third-order valence-electron chi connectivity index (χ3n) is 3.73. The fraction of sp³-hybridized carbons (Fsp3) is 0.111. The van der Waals surface area contributed by atoms with Crippen LogP contribution in [-0.4, -0.2) is 32.3 Å². The monoisotopic (exact) mass is 459 g/mol. The van der Waals surface area contributed by atoms with E-state index in [0.29, 0.717) is 5.75 Å². The van der Waals surface area contributed by atoms with Gasteiger partial charge in [0.2, 0.25) is 5.16 Å². The zero-order valence-electron chi connectivity index (χ0n) is 14.2. The number of methoxy groups -OCH3 is 1. The van der Waals surface area contributed by atoms with Gasteiger partial charge in [0, 0.05) is 15.6 Å². The van der Waals surface area contributed by atoms with Gasteiger partial charge in [-0.2, -0.15) is 4.68 Å². The summed E-state index contributed by atoms with van der Waals surface area (Å²) in [5.41, 5.74) is 2.88. The molecule has 0 unspecified atom stereocenters. The Balaban J connectivity index is 1.52. The summed E-state index contributed by atoms with van der Waals surface area (Å²) in [6.45, 7) is 0. The molecule has 27 heavy (non-hydrogen) atoms. The van der Waals surface area contributed by atoms with Gasteiger partial charge in [-0.3, -0.25) is 0 Å². The average Bonchev–Trinajstić information content (AvgIpc) is 3.36. The largest absolute Gasteiger partial charge is 0.496 e. The zero-order chi connectivity index (χ0) is 18.6. The van der Waals surface area contributed by atoms with Crippen LogP contribution in [0, 0.1) is 0 Å². The van der Waals surface area contributed by atoms with Crippen LogP contribution in [0.15, 0.2) is 63.5 Å². The van der Waals surface area contributed by atoms with Gasteiger partial charge in [-0.25, -0.2) is 4.98 Å². The van der Waals surface area contributed by atoms with E-state index >= 15 is 0 Å². The van der Waals surface area contributed by atoms with Crippen molar-refractivity contribution in [3.63, 3.8) is 0 Å². The van der Waals surface area contributed by atoms with Crippen molar-refractivity contribution in [2.45, 2.75) is 10.9 Å². The molecule has 0 saturated carbocycles. The van der Waals surface area contributed by atoms with Crippen molar-refractivity contribution in [3.05, 3.63) is 64.1 Å². The fourth-order valence-electron chi connectivity index (χ4n) is 2.48. The van der Waals surface area contributed by atoms with Gasteiger partial charge in [-0.05, 0) is 40.8 Å². The number of hydrogen-bond acceptors (Lipinski definition) is 7. The molecule has 0 spiro atoms. The molecular weight excluding hydrogens is 446 g/mol. The van der Waals surface area contributed by atoms with Crippen LogP contribution in [-0.2, 0) is 5.75 Å². The maximum Gasteiger partial charge on any atom is 0.214 e. The van der Waals surface area contributed by atoms with Crippen LogP contribution in [0.1, 0.15) is 5.69 Å². The van der Waals surface area contributed by atoms with Gasteiger partial charge < -0.3 is 4.74 Å². The number of tetrazole rings is 1. The van der Waals surface area contributed by atoms with Crippen LogP contribution >= 0.6 is 39.0 Å². The number of aromatic nitrogens is 5. The Morgan fingerprint density at radius 2 is 2.04 bits per heavy atom. The van der Waals surface area contributed by atoms with Crippen molar-refractivity contribution in [1.82, 2.24) is 25.2 Å². The van der Waals surface area contributed by atoms with Gasteiger partial charge >= 0.3 is 0 Å². The van der Waals surface area contributed by atoms with Crippen molar-refractivity contribution in [1.29, 1.82) is 0 Å². The Morgan fingerprint density at radius 1 is 1.19 bits per heavy atom. The molecule has 9 heteroatoms. The van der Waals surface area contributed by atoms with Gasteiger partial charge in [0.05, 0.1) is 24.1 Å². The molecule has 0 amide bonds. The van der Waals surface area contributed by atoms with Gasteiger partial charge in [0.25, 0.3) is 0 Å². The molecule has 0 radical (unpaired) electrons. The highest BCUT2D eigenvalue weighted by Gasteiger charge is 2.13. The number of para-hydroxylation sites is 1. The lowest BCUT2D eigenvalue weighted by molar-refractivity contribution is 0.416. The molecule has 4 aromatic rings. The third-order valence-corrected chi connectivity index (χ3v) is 6.11. The van der Waals surface area contributed by atoms with Gasteiger partial charge in [0.15, 0.2) is 0 Å². The summed E-state index contributed by atoms with van der Waals surface area (Å²) < 4.78 is 8.18. The molecule has 6 nitrogen and oxygen atoms in total. The topological polar surface area (TPSA) is 65.7 Å². The second-order valence-electron chi connectivity index (χ2n) is 5.49. The highest BCUT2D eigenvalue weighted by molar-refractivity contribution is 9.10. The molecule has 0 fully saturated rings. The van der Waals surface area contributed by atoms with Crippen LogP contribution in [0.2, 0.25) is 0 Å². The first-order valence-corrected chi connectivity index (χ1v) is 10.7. The van der Waals surface area contributed by atoms with Crippen molar-refractivity contribution in [3.8, 4) is 22.0 Å². The smallest absolute Gasteiger partial charge is 0.214 e. The van der Waals surface area contributed by atoms with Gasteiger partial charge in [-0.15, -0.1) is 16.4 Å². The normalized spacial score (nSPS) is 10.9. The van der Waals surface area contributed by atoms with Crippen LogP contribution in [0.4, 0.5) is 0 Å². The predicted octanol–water partition coefficient (Wildman–Crippen LogP) is 4.85. The van der Waals surface area contributed by atoms with Crippen molar-refractivity contribution >= 4 is 39.0 Å². The van der Waals surface area contributed by atoms with E-state index in [9.17, 15) is 0 Å². The van der Waals surface area contributed by atoms with E-state index in [0.717, 1.165) is 37.3 Å². The van der Waals surface area contributed by atoms with E-state index in [2.05, 4.69) is 36.8 Å².